The molecule has 1 saturated carbocycles. The van der Waals surface area contributed by atoms with Gasteiger partial charge in [-0.3, -0.25) is 4.79 Å². The summed E-state index contributed by atoms with van der Waals surface area (Å²) in [6.45, 7) is 0. The molecule has 3 heteroatoms. The smallest absolute Gasteiger partial charge is 0.185 e. The maximum Gasteiger partial charge on any atom is 0.185 e. The monoisotopic (exact) mass is 526 g/mol. The highest BCUT2D eigenvalue weighted by atomic mass is 127. The first-order valence-corrected chi connectivity index (χ1v) is 9.74. The van der Waals surface area contributed by atoms with Crippen molar-refractivity contribution in [2.24, 2.45) is 0 Å². The van der Waals surface area contributed by atoms with E-state index in [9.17, 15) is 4.79 Å². The van der Waals surface area contributed by atoms with Gasteiger partial charge in [0.1, 0.15) is 0 Å². The minimum Gasteiger partial charge on any atom is -0.289 e. The number of allylic oxidation sites excluding steroid dienone is 2. The van der Waals surface area contributed by atoms with Crippen molar-refractivity contribution in [3.8, 4) is 0 Å². The molecule has 0 aromatic heterocycles. The maximum atomic E-state index is 12.7. The SMILES string of the molecule is O=C1C(=Cc2ccc(I)cc2)CCCC1=Cc1ccc(I)cc1. The first kappa shape index (κ1) is 16.9. The number of Topliss-reactive ketones (excluding diaryl/α,β-unsaturated/α-hetero) is 1. The zero-order chi connectivity index (χ0) is 16.2. The number of hydrogen-bond donors (Lipinski definition) is 0. The average Bonchev–Trinajstić information content (AvgIpc) is 2.55. The fourth-order valence-electron chi connectivity index (χ4n) is 2.70. The van der Waals surface area contributed by atoms with Crippen LogP contribution in [0.4, 0.5) is 0 Å². The number of halogens is 2. The predicted octanol–water partition coefficient (Wildman–Crippen LogP) is 6.12. The Morgan fingerprint density at radius 2 is 1.09 bits per heavy atom. The van der Waals surface area contributed by atoms with Gasteiger partial charge in [-0.25, -0.2) is 0 Å². The molecule has 0 atom stereocenters. The largest absolute Gasteiger partial charge is 0.289 e. The first-order chi connectivity index (χ1) is 11.1. The van der Waals surface area contributed by atoms with Gasteiger partial charge in [0.2, 0.25) is 0 Å². The van der Waals surface area contributed by atoms with Crippen LogP contribution in [-0.2, 0) is 4.79 Å². The van der Waals surface area contributed by atoms with Crippen LogP contribution in [0.15, 0.2) is 59.7 Å². The van der Waals surface area contributed by atoms with E-state index in [-0.39, 0.29) is 5.78 Å². The van der Waals surface area contributed by atoms with E-state index in [0.29, 0.717) is 0 Å². The molecule has 0 radical (unpaired) electrons. The fraction of sp³-hybridized carbons (Fsp3) is 0.150. The van der Waals surface area contributed by atoms with Crippen molar-refractivity contribution in [1.82, 2.24) is 0 Å². The van der Waals surface area contributed by atoms with Crippen LogP contribution < -0.4 is 0 Å². The van der Waals surface area contributed by atoms with Gasteiger partial charge in [0, 0.05) is 18.3 Å². The Balaban J connectivity index is 1.86. The number of carbonyl (C=O) groups excluding carboxylic acids is 1. The minimum atomic E-state index is 0.202. The van der Waals surface area contributed by atoms with Gasteiger partial charge < -0.3 is 0 Å². The van der Waals surface area contributed by atoms with Crippen molar-refractivity contribution < 1.29 is 4.79 Å². The molecule has 1 nitrogen and oxygen atoms in total. The standard InChI is InChI=1S/C20H16I2O/c21-18-8-4-14(5-9-18)12-16-2-1-3-17(20(16)23)13-15-6-10-19(22)11-7-15/h4-13H,1-3H2. The molecule has 1 fully saturated rings. The van der Waals surface area contributed by atoms with E-state index in [1.165, 1.54) is 7.14 Å². The highest BCUT2D eigenvalue weighted by Gasteiger charge is 2.20. The Labute approximate surface area is 164 Å². The molecular formula is C20H16I2O. The van der Waals surface area contributed by atoms with Crippen LogP contribution in [0.1, 0.15) is 30.4 Å². The lowest BCUT2D eigenvalue weighted by atomic mass is 9.87. The zero-order valence-corrected chi connectivity index (χ0v) is 16.9. The van der Waals surface area contributed by atoms with Crippen LogP contribution in [-0.4, -0.2) is 5.78 Å². The Morgan fingerprint density at radius 1 is 0.696 bits per heavy atom. The molecule has 1 aliphatic carbocycles. The van der Waals surface area contributed by atoms with Gasteiger partial charge in [0.05, 0.1) is 0 Å². The Bertz CT molecular complexity index is 703. The van der Waals surface area contributed by atoms with Crippen molar-refractivity contribution in [2.75, 3.05) is 0 Å². The average molecular weight is 526 g/mol. The van der Waals surface area contributed by atoms with Gasteiger partial charge in [-0.05, 0) is 112 Å². The normalized spacial score (nSPS) is 18.6. The van der Waals surface area contributed by atoms with Crippen LogP contribution in [0.2, 0.25) is 0 Å². The lowest BCUT2D eigenvalue weighted by molar-refractivity contribution is -0.112. The number of rotatable bonds is 2. The summed E-state index contributed by atoms with van der Waals surface area (Å²) in [7, 11) is 0. The molecule has 2 aromatic rings. The van der Waals surface area contributed by atoms with Crippen LogP contribution in [0.5, 0.6) is 0 Å². The summed E-state index contributed by atoms with van der Waals surface area (Å²) in [5, 5.41) is 0. The van der Waals surface area contributed by atoms with Crippen molar-refractivity contribution in [3.63, 3.8) is 0 Å². The van der Waals surface area contributed by atoms with Crippen molar-refractivity contribution in [3.05, 3.63) is 77.9 Å². The second-order valence-electron chi connectivity index (χ2n) is 5.62. The Morgan fingerprint density at radius 3 is 1.48 bits per heavy atom. The number of carbonyl (C=O) groups is 1. The van der Waals surface area contributed by atoms with Crippen molar-refractivity contribution >= 4 is 63.1 Å². The van der Waals surface area contributed by atoms with Gasteiger partial charge in [0.25, 0.3) is 0 Å². The van der Waals surface area contributed by atoms with Crippen molar-refractivity contribution in [1.29, 1.82) is 0 Å². The first-order valence-electron chi connectivity index (χ1n) is 7.59. The molecule has 23 heavy (non-hydrogen) atoms. The van der Waals surface area contributed by atoms with E-state index in [2.05, 4.69) is 93.7 Å². The van der Waals surface area contributed by atoms with E-state index in [0.717, 1.165) is 41.5 Å². The quantitative estimate of drug-likeness (QED) is 0.341. The van der Waals surface area contributed by atoms with Gasteiger partial charge in [-0.15, -0.1) is 0 Å². The number of hydrogen-bond acceptors (Lipinski definition) is 1. The molecule has 0 bridgehead atoms. The van der Waals surface area contributed by atoms with Crippen LogP contribution >= 0.6 is 45.2 Å². The van der Waals surface area contributed by atoms with Gasteiger partial charge in [-0.2, -0.15) is 0 Å². The molecule has 3 rings (SSSR count). The van der Waals surface area contributed by atoms with E-state index >= 15 is 0 Å². The maximum absolute atomic E-state index is 12.7. The van der Waals surface area contributed by atoms with E-state index in [1.807, 2.05) is 12.2 Å². The molecule has 116 valence electrons. The summed E-state index contributed by atoms with van der Waals surface area (Å²) in [4.78, 5) is 12.7. The molecule has 0 amide bonds. The highest BCUT2D eigenvalue weighted by molar-refractivity contribution is 14.1. The lowest BCUT2D eigenvalue weighted by Gasteiger charge is -2.16. The zero-order valence-electron chi connectivity index (χ0n) is 12.6. The molecule has 0 spiro atoms. The Kier molecular flexibility index (Phi) is 5.69. The fourth-order valence-corrected chi connectivity index (χ4v) is 3.42. The van der Waals surface area contributed by atoms with Gasteiger partial charge in [0.15, 0.2) is 5.78 Å². The summed E-state index contributed by atoms with van der Waals surface area (Å²) in [6, 6.07) is 16.6. The van der Waals surface area contributed by atoms with Gasteiger partial charge >= 0.3 is 0 Å². The highest BCUT2D eigenvalue weighted by Crippen LogP contribution is 2.28. The molecule has 0 heterocycles. The third-order valence-electron chi connectivity index (χ3n) is 3.90. The summed E-state index contributed by atoms with van der Waals surface area (Å²) in [5.41, 5.74) is 4.05. The van der Waals surface area contributed by atoms with E-state index in [1.54, 1.807) is 0 Å². The summed E-state index contributed by atoms with van der Waals surface area (Å²) in [5.74, 6) is 0.202. The van der Waals surface area contributed by atoms with E-state index < -0.39 is 0 Å². The Hall–Kier alpha value is -0.950. The molecule has 0 saturated heterocycles. The van der Waals surface area contributed by atoms with Crippen molar-refractivity contribution in [2.45, 2.75) is 19.3 Å². The topological polar surface area (TPSA) is 17.1 Å². The van der Waals surface area contributed by atoms with Gasteiger partial charge in [-0.1, -0.05) is 24.3 Å². The number of ketones is 1. The third kappa shape index (κ3) is 4.53. The second kappa shape index (κ2) is 7.75. The molecule has 2 aromatic carbocycles. The summed E-state index contributed by atoms with van der Waals surface area (Å²) < 4.78 is 2.41. The molecule has 0 unspecified atom stereocenters. The second-order valence-corrected chi connectivity index (χ2v) is 8.12. The van der Waals surface area contributed by atoms with E-state index in [4.69, 9.17) is 0 Å². The van der Waals surface area contributed by atoms with Crippen LogP contribution in [0.3, 0.4) is 0 Å². The molecule has 0 N–H and O–H groups in total. The number of benzene rings is 2. The molecule has 0 aliphatic heterocycles. The summed E-state index contributed by atoms with van der Waals surface area (Å²) >= 11 is 4.58. The molecule has 1 aliphatic rings. The van der Waals surface area contributed by atoms with Crippen LogP contribution in [0, 0.1) is 7.14 Å². The lowest BCUT2D eigenvalue weighted by Crippen LogP contribution is -2.12. The predicted molar refractivity (Wildman–Crippen MR) is 113 cm³/mol. The minimum absolute atomic E-state index is 0.202. The van der Waals surface area contributed by atoms with Crippen LogP contribution in [0.25, 0.3) is 12.2 Å². The summed E-state index contributed by atoms with van der Waals surface area (Å²) in [6.07, 6.45) is 6.86. The third-order valence-corrected chi connectivity index (χ3v) is 5.34. The molecular weight excluding hydrogens is 510 g/mol.